The van der Waals surface area contributed by atoms with E-state index in [4.69, 9.17) is 58.0 Å². The van der Waals surface area contributed by atoms with Gasteiger partial charge in [-0.25, -0.2) is 0 Å². The van der Waals surface area contributed by atoms with Crippen LogP contribution >= 0.6 is 58.0 Å². The van der Waals surface area contributed by atoms with E-state index in [1.807, 2.05) is 19.1 Å². The maximum absolute atomic E-state index is 10.7. The molecule has 23 heavy (non-hydrogen) atoms. The number of rotatable bonds is 2. The molecule has 0 unspecified atom stereocenters. The minimum atomic E-state index is -1.46. The molecule has 0 saturated carbocycles. The number of hydrogen-bond donors (Lipinski definition) is 0. The van der Waals surface area contributed by atoms with Gasteiger partial charge in [0, 0.05) is 16.7 Å². The molecule has 0 aliphatic carbocycles. The van der Waals surface area contributed by atoms with Crippen LogP contribution in [0, 0.1) is 6.92 Å². The van der Waals surface area contributed by atoms with E-state index in [9.17, 15) is 9.59 Å². The summed E-state index contributed by atoms with van der Waals surface area (Å²) < 4.78 is -1.46. The number of alkyl halides is 3. The van der Waals surface area contributed by atoms with Crippen molar-refractivity contribution < 1.29 is 9.59 Å². The highest BCUT2D eigenvalue weighted by Crippen LogP contribution is 2.38. The molecule has 0 fully saturated rings. The van der Waals surface area contributed by atoms with Gasteiger partial charge in [0.15, 0.2) is 0 Å². The Labute approximate surface area is 159 Å². The molecule has 0 aromatic heterocycles. The molecule has 0 amide bonds. The molecule has 0 saturated heterocycles. The highest BCUT2D eigenvalue weighted by Gasteiger charge is 2.22. The number of halogens is 5. The van der Waals surface area contributed by atoms with Crippen LogP contribution in [0.5, 0.6) is 0 Å². The first kappa shape index (κ1) is 20.3. The predicted molar refractivity (Wildman–Crippen MR) is 97.2 cm³/mol. The zero-order valence-electron chi connectivity index (χ0n) is 11.8. The van der Waals surface area contributed by atoms with Gasteiger partial charge in [-0.15, -0.1) is 0 Å². The second kappa shape index (κ2) is 8.91. The van der Waals surface area contributed by atoms with Crippen molar-refractivity contribution in [1.82, 2.24) is 0 Å². The summed E-state index contributed by atoms with van der Waals surface area (Å²) in [4.78, 5) is 21.2. The van der Waals surface area contributed by atoms with Gasteiger partial charge < -0.3 is 0 Å². The molecular weight excluding hydrogens is 401 g/mol. The van der Waals surface area contributed by atoms with Crippen LogP contribution in [0.15, 0.2) is 48.5 Å². The molecule has 0 atom stereocenters. The quantitative estimate of drug-likeness (QED) is 0.430. The molecule has 2 rings (SSSR count). The molecule has 122 valence electrons. The highest BCUT2D eigenvalue weighted by atomic mass is 35.6. The van der Waals surface area contributed by atoms with E-state index in [-0.39, 0.29) is 0 Å². The van der Waals surface area contributed by atoms with Crippen LogP contribution in [0.25, 0.3) is 0 Å². The first-order valence-corrected chi connectivity index (χ1v) is 8.14. The first-order valence-electron chi connectivity index (χ1n) is 6.25. The van der Waals surface area contributed by atoms with Crippen molar-refractivity contribution in [1.29, 1.82) is 0 Å². The molecule has 7 heteroatoms. The van der Waals surface area contributed by atoms with E-state index in [1.165, 1.54) is 12.1 Å². The lowest BCUT2D eigenvalue weighted by molar-refractivity contribution is 0.107. The molecule has 0 spiro atoms. The fourth-order valence-corrected chi connectivity index (χ4v) is 2.10. The van der Waals surface area contributed by atoms with Crippen LogP contribution in [0.4, 0.5) is 0 Å². The molecule has 0 N–H and O–H groups in total. The fraction of sp³-hybridized carbons (Fsp3) is 0.125. The third-order valence-electron chi connectivity index (χ3n) is 2.72. The van der Waals surface area contributed by atoms with Crippen LogP contribution < -0.4 is 0 Å². The zero-order chi connectivity index (χ0) is 17.6. The lowest BCUT2D eigenvalue weighted by atomic mass is 10.2. The van der Waals surface area contributed by atoms with E-state index >= 15 is 0 Å². The first-order chi connectivity index (χ1) is 10.6. The van der Waals surface area contributed by atoms with Crippen molar-refractivity contribution in [3.8, 4) is 0 Å². The molecule has 0 aliphatic heterocycles. The molecule has 2 aromatic rings. The van der Waals surface area contributed by atoms with Gasteiger partial charge in [-0.05, 0) is 54.4 Å². The number of carbonyl (C=O) groups excluding carboxylic acids is 2. The van der Waals surface area contributed by atoms with Crippen molar-refractivity contribution in [2.75, 3.05) is 0 Å². The Balaban J connectivity index is 0.000000238. The number of benzene rings is 2. The molecule has 0 bridgehead atoms. The van der Waals surface area contributed by atoms with Crippen LogP contribution in [0.2, 0.25) is 0 Å². The smallest absolute Gasteiger partial charge is 0.252 e. The van der Waals surface area contributed by atoms with Crippen molar-refractivity contribution in [3.05, 3.63) is 70.8 Å². The third-order valence-corrected chi connectivity index (χ3v) is 3.81. The maximum atomic E-state index is 10.7. The maximum Gasteiger partial charge on any atom is 0.252 e. The van der Waals surface area contributed by atoms with Crippen LogP contribution in [-0.4, -0.2) is 10.5 Å². The zero-order valence-corrected chi connectivity index (χ0v) is 15.6. The van der Waals surface area contributed by atoms with E-state index in [0.717, 1.165) is 5.56 Å². The molecule has 2 nitrogen and oxygen atoms in total. The summed E-state index contributed by atoms with van der Waals surface area (Å²) in [6, 6.07) is 13.2. The summed E-state index contributed by atoms with van der Waals surface area (Å²) >= 11 is 27.3. The van der Waals surface area contributed by atoms with Gasteiger partial charge in [0.05, 0.1) is 0 Å². The standard InChI is InChI=1S/C8H4Cl4O.C8H7ClO/c9-7(13)5-1-3-6(4-2-5)8(10,11)12;1-6-2-4-7(5-3-6)8(9)10/h1-4H;2-5H,1H3. The van der Waals surface area contributed by atoms with Gasteiger partial charge in [0.2, 0.25) is 3.79 Å². The second-order valence-electron chi connectivity index (χ2n) is 4.49. The summed E-state index contributed by atoms with van der Waals surface area (Å²) in [5, 5.41) is -0.934. The van der Waals surface area contributed by atoms with Gasteiger partial charge in [0.25, 0.3) is 10.5 Å². The van der Waals surface area contributed by atoms with Crippen molar-refractivity contribution in [3.63, 3.8) is 0 Å². The largest absolute Gasteiger partial charge is 0.276 e. The van der Waals surface area contributed by atoms with E-state index < -0.39 is 14.3 Å². The molecule has 0 aliphatic rings. The molecule has 0 heterocycles. The third kappa shape index (κ3) is 7.11. The summed E-state index contributed by atoms with van der Waals surface area (Å²) in [5.74, 6) is 0. The summed E-state index contributed by atoms with van der Waals surface area (Å²) in [7, 11) is 0. The van der Waals surface area contributed by atoms with Crippen molar-refractivity contribution in [2.24, 2.45) is 0 Å². The average molecular weight is 413 g/mol. The van der Waals surface area contributed by atoms with Crippen molar-refractivity contribution in [2.45, 2.75) is 10.7 Å². The minimum absolute atomic E-state index is 0.375. The number of carbonyl (C=O) groups is 2. The monoisotopic (exact) mass is 410 g/mol. The average Bonchev–Trinajstić information content (AvgIpc) is 2.47. The van der Waals surface area contributed by atoms with Crippen molar-refractivity contribution >= 4 is 68.5 Å². The Morgan fingerprint density at radius 2 is 1.09 bits per heavy atom. The Bertz CT molecular complexity index is 673. The van der Waals surface area contributed by atoms with Crippen LogP contribution in [0.1, 0.15) is 31.8 Å². The molecule has 2 aromatic carbocycles. The summed E-state index contributed by atoms with van der Waals surface area (Å²) in [6.45, 7) is 1.96. The topological polar surface area (TPSA) is 34.1 Å². The van der Waals surface area contributed by atoms with Gasteiger partial charge in [0.1, 0.15) is 0 Å². The lowest BCUT2D eigenvalue weighted by Gasteiger charge is -2.10. The van der Waals surface area contributed by atoms with Gasteiger partial charge in [-0.2, -0.15) is 0 Å². The lowest BCUT2D eigenvalue weighted by Crippen LogP contribution is -2.00. The fourth-order valence-electron chi connectivity index (χ4n) is 1.47. The van der Waals surface area contributed by atoms with E-state index in [0.29, 0.717) is 16.7 Å². The van der Waals surface area contributed by atoms with Gasteiger partial charge in [-0.1, -0.05) is 64.6 Å². The SMILES string of the molecule is Cc1ccc(C(=O)Cl)cc1.O=C(Cl)c1ccc(C(Cl)(Cl)Cl)cc1. The second-order valence-corrected chi connectivity index (χ2v) is 7.46. The Kier molecular flexibility index (Phi) is 7.85. The Morgan fingerprint density at radius 3 is 1.39 bits per heavy atom. The Hall–Kier alpha value is -0.770. The summed E-state index contributed by atoms with van der Waals surface area (Å²) in [6.07, 6.45) is 0. The van der Waals surface area contributed by atoms with E-state index in [1.54, 1.807) is 24.3 Å². The Morgan fingerprint density at radius 1 is 0.739 bits per heavy atom. The number of hydrogen-bond acceptors (Lipinski definition) is 2. The predicted octanol–water partition coefficient (Wildman–Crippen LogP) is 6.27. The molecule has 0 radical (unpaired) electrons. The van der Waals surface area contributed by atoms with E-state index in [2.05, 4.69) is 0 Å². The number of aryl methyl sites for hydroxylation is 1. The minimum Gasteiger partial charge on any atom is -0.276 e. The van der Waals surface area contributed by atoms with Gasteiger partial charge in [-0.3, -0.25) is 9.59 Å². The highest BCUT2D eigenvalue weighted by molar-refractivity contribution is 6.68. The van der Waals surface area contributed by atoms with Crippen LogP contribution in [0.3, 0.4) is 0 Å². The summed E-state index contributed by atoms with van der Waals surface area (Å²) in [5.41, 5.74) is 2.55. The van der Waals surface area contributed by atoms with Gasteiger partial charge >= 0.3 is 0 Å². The van der Waals surface area contributed by atoms with Crippen LogP contribution in [-0.2, 0) is 3.79 Å². The normalized spacial score (nSPS) is 10.5. The molecular formula is C16H11Cl5O2.